The Kier molecular flexibility index (Phi) is 2.99. The van der Waals surface area contributed by atoms with Gasteiger partial charge in [-0.15, -0.1) is 0 Å². The summed E-state index contributed by atoms with van der Waals surface area (Å²) >= 11 is 0. The van der Waals surface area contributed by atoms with Crippen LogP contribution in [0.3, 0.4) is 0 Å². The highest BCUT2D eigenvalue weighted by atomic mass is 16.5. The maximum atomic E-state index is 11.3. The van der Waals surface area contributed by atoms with E-state index < -0.39 is 0 Å². The lowest BCUT2D eigenvalue weighted by Crippen LogP contribution is -2.10. The predicted molar refractivity (Wildman–Crippen MR) is 57.4 cm³/mol. The molecule has 86 valence electrons. The predicted octanol–water partition coefficient (Wildman–Crippen LogP) is 1.51. The number of cyclic esters (lactones) is 1. The van der Waals surface area contributed by atoms with Gasteiger partial charge in [-0.05, 0) is 30.5 Å². The van der Waals surface area contributed by atoms with E-state index >= 15 is 0 Å². The Morgan fingerprint density at radius 1 is 1.56 bits per heavy atom. The van der Waals surface area contributed by atoms with Gasteiger partial charge in [-0.25, -0.2) is 0 Å². The minimum Gasteiger partial charge on any atom is -0.504 e. The quantitative estimate of drug-likeness (QED) is 0.787. The second-order valence-electron chi connectivity index (χ2n) is 3.86. The first-order chi connectivity index (χ1) is 7.70. The zero-order valence-corrected chi connectivity index (χ0v) is 9.10. The highest BCUT2D eigenvalue weighted by Gasteiger charge is 2.26. The topological polar surface area (TPSA) is 55.8 Å². The normalized spacial score (nSPS) is 19.6. The fourth-order valence-electron chi connectivity index (χ4n) is 1.86. The molecule has 1 aliphatic rings. The summed E-state index contributed by atoms with van der Waals surface area (Å²) in [6, 6.07) is 5.12. The van der Waals surface area contributed by atoms with E-state index in [1.54, 1.807) is 18.2 Å². The number of benzene rings is 1. The lowest BCUT2D eigenvalue weighted by molar-refractivity contribution is -0.141. The Balaban J connectivity index is 2.12. The molecule has 4 heteroatoms. The van der Waals surface area contributed by atoms with Gasteiger partial charge in [0, 0.05) is 0 Å². The number of rotatable bonds is 3. The van der Waals surface area contributed by atoms with Crippen LogP contribution in [0.15, 0.2) is 18.2 Å². The van der Waals surface area contributed by atoms with E-state index in [2.05, 4.69) is 0 Å². The molecule has 4 nitrogen and oxygen atoms in total. The Hall–Kier alpha value is -1.71. The first-order valence-corrected chi connectivity index (χ1v) is 5.23. The first-order valence-electron chi connectivity index (χ1n) is 5.23. The van der Waals surface area contributed by atoms with Crippen LogP contribution >= 0.6 is 0 Å². The number of carbonyl (C=O) groups is 1. The van der Waals surface area contributed by atoms with Gasteiger partial charge in [-0.3, -0.25) is 4.79 Å². The number of phenolic OH excluding ortho intramolecular Hbond substituents is 1. The number of esters is 1. The van der Waals surface area contributed by atoms with Crippen LogP contribution in [0, 0.1) is 5.92 Å². The Morgan fingerprint density at radius 2 is 2.38 bits per heavy atom. The van der Waals surface area contributed by atoms with Crippen LogP contribution in [-0.4, -0.2) is 24.8 Å². The third-order valence-corrected chi connectivity index (χ3v) is 2.77. The molecule has 0 radical (unpaired) electrons. The lowest BCUT2D eigenvalue weighted by Gasteiger charge is -2.08. The fraction of sp³-hybridized carbons (Fsp3) is 0.417. The highest BCUT2D eigenvalue weighted by molar-refractivity contribution is 5.74. The van der Waals surface area contributed by atoms with E-state index in [0.29, 0.717) is 18.8 Å². The number of carbonyl (C=O) groups excluding carboxylic acids is 1. The molecule has 1 atom stereocenters. The summed E-state index contributed by atoms with van der Waals surface area (Å²) in [5.74, 6) is 0.352. The highest BCUT2D eigenvalue weighted by Crippen LogP contribution is 2.28. The summed E-state index contributed by atoms with van der Waals surface area (Å²) in [6.07, 6.45) is 1.40. The molecular weight excluding hydrogens is 208 g/mol. The minimum atomic E-state index is -0.132. The van der Waals surface area contributed by atoms with Crippen molar-refractivity contribution in [3.8, 4) is 11.5 Å². The zero-order chi connectivity index (χ0) is 11.5. The van der Waals surface area contributed by atoms with Gasteiger partial charge in [0.05, 0.1) is 19.6 Å². The molecule has 1 heterocycles. The molecule has 2 rings (SSSR count). The summed E-state index contributed by atoms with van der Waals surface area (Å²) in [5, 5.41) is 9.43. The van der Waals surface area contributed by atoms with Gasteiger partial charge in [-0.1, -0.05) is 6.07 Å². The number of methoxy groups -OCH3 is 1. The fourth-order valence-corrected chi connectivity index (χ4v) is 1.86. The number of hydrogen-bond donors (Lipinski definition) is 1. The number of ether oxygens (including phenoxy) is 2. The molecule has 1 aliphatic heterocycles. The minimum absolute atomic E-state index is 0.0609. The molecule has 0 bridgehead atoms. The number of phenols is 1. The standard InChI is InChI=1S/C12H14O4/c1-15-11-7-8(2-3-10(11)13)6-9-4-5-16-12(9)14/h2-3,7,9,13H,4-6H2,1H3/t9-/m0/s1. The molecule has 0 amide bonds. The van der Waals surface area contributed by atoms with Crippen molar-refractivity contribution in [2.45, 2.75) is 12.8 Å². The summed E-state index contributed by atoms with van der Waals surface area (Å²) in [4.78, 5) is 11.3. The molecule has 0 spiro atoms. The maximum Gasteiger partial charge on any atom is 0.309 e. The van der Waals surface area contributed by atoms with Crippen LogP contribution in [0.1, 0.15) is 12.0 Å². The van der Waals surface area contributed by atoms with Crippen LogP contribution in [0.2, 0.25) is 0 Å². The van der Waals surface area contributed by atoms with Gasteiger partial charge in [0.2, 0.25) is 0 Å². The molecule has 1 aromatic carbocycles. The largest absolute Gasteiger partial charge is 0.504 e. The Labute approximate surface area is 93.8 Å². The molecule has 1 saturated heterocycles. The van der Waals surface area contributed by atoms with Gasteiger partial charge < -0.3 is 14.6 Å². The second-order valence-corrected chi connectivity index (χ2v) is 3.86. The van der Waals surface area contributed by atoms with E-state index in [9.17, 15) is 9.90 Å². The maximum absolute atomic E-state index is 11.3. The van der Waals surface area contributed by atoms with Crippen molar-refractivity contribution in [1.82, 2.24) is 0 Å². The molecule has 0 aromatic heterocycles. The summed E-state index contributed by atoms with van der Waals surface area (Å²) in [5.41, 5.74) is 0.971. The first kappa shape index (κ1) is 10.8. The van der Waals surface area contributed by atoms with Crippen LogP contribution in [0.25, 0.3) is 0 Å². The second kappa shape index (κ2) is 4.43. The molecular formula is C12H14O4. The van der Waals surface area contributed by atoms with Gasteiger partial charge >= 0.3 is 5.97 Å². The molecule has 1 fully saturated rings. The van der Waals surface area contributed by atoms with Gasteiger partial charge in [0.15, 0.2) is 11.5 Å². The molecule has 1 N–H and O–H groups in total. The molecule has 1 aromatic rings. The van der Waals surface area contributed by atoms with Crippen molar-refractivity contribution >= 4 is 5.97 Å². The lowest BCUT2D eigenvalue weighted by atomic mass is 9.98. The van der Waals surface area contributed by atoms with Crippen LogP contribution in [-0.2, 0) is 16.0 Å². The number of aromatic hydroxyl groups is 1. The van der Waals surface area contributed by atoms with Crippen LogP contribution in [0.4, 0.5) is 0 Å². The zero-order valence-electron chi connectivity index (χ0n) is 9.10. The Bertz CT molecular complexity index is 400. The molecule has 0 aliphatic carbocycles. The Morgan fingerprint density at radius 3 is 3.00 bits per heavy atom. The van der Waals surface area contributed by atoms with Crippen LogP contribution in [0.5, 0.6) is 11.5 Å². The molecule has 0 saturated carbocycles. The van der Waals surface area contributed by atoms with E-state index in [1.807, 2.05) is 0 Å². The van der Waals surface area contributed by atoms with Crippen molar-refractivity contribution < 1.29 is 19.4 Å². The summed E-state index contributed by atoms with van der Waals surface area (Å²) < 4.78 is 9.91. The monoisotopic (exact) mass is 222 g/mol. The summed E-state index contributed by atoms with van der Waals surface area (Å²) in [6.45, 7) is 0.513. The summed E-state index contributed by atoms with van der Waals surface area (Å²) in [7, 11) is 1.50. The average Bonchev–Trinajstić information content (AvgIpc) is 2.67. The average molecular weight is 222 g/mol. The van der Waals surface area contributed by atoms with Crippen LogP contribution < -0.4 is 4.74 Å². The van der Waals surface area contributed by atoms with E-state index in [-0.39, 0.29) is 17.6 Å². The van der Waals surface area contributed by atoms with E-state index in [4.69, 9.17) is 9.47 Å². The van der Waals surface area contributed by atoms with Gasteiger partial charge in [0.1, 0.15) is 0 Å². The van der Waals surface area contributed by atoms with Crippen molar-refractivity contribution in [3.63, 3.8) is 0 Å². The van der Waals surface area contributed by atoms with E-state index in [1.165, 1.54) is 7.11 Å². The van der Waals surface area contributed by atoms with Crippen molar-refractivity contribution in [3.05, 3.63) is 23.8 Å². The molecule has 16 heavy (non-hydrogen) atoms. The number of hydrogen-bond acceptors (Lipinski definition) is 4. The SMILES string of the molecule is COc1cc(C[C@@H]2CCOC2=O)ccc1O. The van der Waals surface area contributed by atoms with Crippen molar-refractivity contribution in [2.24, 2.45) is 5.92 Å². The van der Waals surface area contributed by atoms with E-state index in [0.717, 1.165) is 12.0 Å². The van der Waals surface area contributed by atoms with Crippen molar-refractivity contribution in [1.29, 1.82) is 0 Å². The molecule has 0 unspecified atom stereocenters. The third-order valence-electron chi connectivity index (χ3n) is 2.77. The smallest absolute Gasteiger partial charge is 0.309 e. The van der Waals surface area contributed by atoms with Crippen molar-refractivity contribution in [2.75, 3.05) is 13.7 Å². The third kappa shape index (κ3) is 2.10. The van der Waals surface area contributed by atoms with Gasteiger partial charge in [0.25, 0.3) is 0 Å². The van der Waals surface area contributed by atoms with Gasteiger partial charge in [-0.2, -0.15) is 0 Å².